The SMILES string of the molecule is Cc1c(-c2cc3ccnc(-c4[c-]c(Oc5[c-]c(-c6nccc7cc(-c8oc9ccc(CC(C)(C)C)cc9c8C)oc67)cc(C(C)(C)C)c5)cc(C(C)(C)C)c4)c3o2)oc2ccc(CC(C)(C)C)cc12.[Pt+2]. The number of nitrogens with zero attached hydrogens (tertiary/aromatic N) is 2. The molecule has 360 valence electrons. The van der Waals surface area contributed by atoms with Gasteiger partial charge in [-0.25, -0.2) is 0 Å². The summed E-state index contributed by atoms with van der Waals surface area (Å²) >= 11 is 0. The Kier molecular flexibility index (Phi) is 12.3. The van der Waals surface area contributed by atoms with Crippen molar-refractivity contribution >= 4 is 43.9 Å². The van der Waals surface area contributed by atoms with Crippen LogP contribution in [0.1, 0.15) is 116 Å². The van der Waals surface area contributed by atoms with Crippen molar-refractivity contribution in [3.63, 3.8) is 0 Å². The van der Waals surface area contributed by atoms with Gasteiger partial charge in [0.05, 0.1) is 0 Å². The number of aryl methyl sites for hydroxylation is 2. The van der Waals surface area contributed by atoms with Crippen LogP contribution in [0, 0.1) is 36.8 Å². The Morgan fingerprint density at radius 2 is 0.886 bits per heavy atom. The van der Waals surface area contributed by atoms with Crippen molar-refractivity contribution in [3.8, 4) is 57.1 Å². The van der Waals surface area contributed by atoms with Crippen LogP contribution in [0.15, 0.2) is 115 Å². The second kappa shape index (κ2) is 17.6. The molecule has 8 heteroatoms. The van der Waals surface area contributed by atoms with Gasteiger partial charge in [-0.3, -0.25) is 0 Å². The fraction of sp³-hybridized carbons (Fsp3) is 0.323. The maximum Gasteiger partial charge on any atom is 2.00 e. The number of hydrogen-bond donors (Lipinski definition) is 0. The van der Waals surface area contributed by atoms with Crippen LogP contribution in [0.5, 0.6) is 11.5 Å². The second-order valence-corrected chi connectivity index (χ2v) is 23.5. The van der Waals surface area contributed by atoms with Crippen molar-refractivity contribution in [1.82, 2.24) is 9.97 Å². The monoisotopic (exact) mass is 1110 g/mol. The molecule has 0 spiro atoms. The number of fused-ring (bicyclic) bond motifs is 4. The maximum absolute atomic E-state index is 6.87. The first-order valence-corrected chi connectivity index (χ1v) is 24.1. The molecule has 70 heavy (non-hydrogen) atoms. The molecule has 0 radical (unpaired) electrons. The summed E-state index contributed by atoms with van der Waals surface area (Å²) in [5.74, 6) is 3.81. The largest absolute Gasteiger partial charge is 2.00 e. The van der Waals surface area contributed by atoms with Gasteiger partial charge in [0.25, 0.3) is 0 Å². The van der Waals surface area contributed by atoms with Crippen LogP contribution < -0.4 is 4.74 Å². The molecule has 10 rings (SSSR count). The van der Waals surface area contributed by atoms with Crippen molar-refractivity contribution in [1.29, 1.82) is 0 Å². The number of pyridine rings is 2. The van der Waals surface area contributed by atoms with E-state index in [2.05, 4.69) is 170 Å². The molecule has 0 N–H and O–H groups in total. The minimum Gasteiger partial charge on any atom is -0.497 e. The van der Waals surface area contributed by atoms with E-state index in [1.54, 1.807) is 0 Å². The number of hydrogen-bond acceptors (Lipinski definition) is 7. The summed E-state index contributed by atoms with van der Waals surface area (Å²) in [6, 6.07) is 36.6. The second-order valence-electron chi connectivity index (χ2n) is 23.5. The molecule has 0 aliphatic carbocycles. The zero-order chi connectivity index (χ0) is 48.9. The summed E-state index contributed by atoms with van der Waals surface area (Å²) < 4.78 is 33.3. The first kappa shape index (κ1) is 48.8. The molecule has 0 amide bonds. The molecule has 0 unspecified atom stereocenters. The number of rotatable bonds is 8. The molecule has 4 aromatic carbocycles. The van der Waals surface area contributed by atoms with Crippen molar-refractivity contribution < 1.29 is 43.5 Å². The molecular formula is C62H62N2O5Pt. The van der Waals surface area contributed by atoms with Gasteiger partial charge in [0.15, 0.2) is 23.0 Å². The number of benzene rings is 4. The van der Waals surface area contributed by atoms with Crippen LogP contribution >= 0.6 is 0 Å². The summed E-state index contributed by atoms with van der Waals surface area (Å²) in [7, 11) is 0. The molecule has 10 aromatic rings. The van der Waals surface area contributed by atoms with Gasteiger partial charge >= 0.3 is 21.1 Å². The van der Waals surface area contributed by atoms with E-state index in [1.165, 1.54) is 11.1 Å². The van der Waals surface area contributed by atoms with Crippen LogP contribution in [0.4, 0.5) is 0 Å². The molecule has 0 fully saturated rings. The van der Waals surface area contributed by atoms with Crippen molar-refractivity contribution in [3.05, 3.63) is 143 Å². The Labute approximate surface area is 426 Å². The summed E-state index contributed by atoms with van der Waals surface area (Å²) in [5.41, 5.74) is 12.5. The predicted molar refractivity (Wildman–Crippen MR) is 280 cm³/mol. The van der Waals surface area contributed by atoms with Crippen LogP contribution in [0.2, 0.25) is 0 Å². The van der Waals surface area contributed by atoms with E-state index in [4.69, 9.17) is 32.4 Å². The third kappa shape index (κ3) is 9.67. The third-order valence-electron chi connectivity index (χ3n) is 12.9. The standard InChI is InChI=1S/C62H62N2O5.Pt/c1-35-47-23-37(33-59(3,4)5)15-17-49(47)66-55(35)51-29-39-19-21-63-53(57(39)68-51)41-25-43(61(9,10)11)31-45(27-41)65-46-28-42(26-44(32-46)62(12,13)14)54-58-40(20-22-64-54)30-52(69-58)56-36(2)48-24-38(34-60(6,7)8)16-18-50(48)67-56;/h15-26,29-32H,33-34H2,1-14H3;/q-2;+2. The van der Waals surface area contributed by atoms with E-state index in [1.807, 2.05) is 36.7 Å². The van der Waals surface area contributed by atoms with Crippen LogP contribution in [-0.2, 0) is 44.7 Å². The first-order chi connectivity index (χ1) is 32.4. The molecule has 0 aliphatic heterocycles. The molecule has 0 atom stereocenters. The van der Waals surface area contributed by atoms with E-state index >= 15 is 0 Å². The average Bonchev–Trinajstić information content (AvgIpc) is 4.04. The van der Waals surface area contributed by atoms with E-state index in [0.29, 0.717) is 57.1 Å². The number of aromatic nitrogens is 2. The Morgan fingerprint density at radius 3 is 1.26 bits per heavy atom. The molecule has 0 saturated heterocycles. The van der Waals surface area contributed by atoms with Gasteiger partial charge in [-0.1, -0.05) is 119 Å². The normalized spacial score (nSPS) is 12.7. The molecule has 6 heterocycles. The predicted octanol–water partition coefficient (Wildman–Crippen LogP) is 17.9. The molecule has 0 aliphatic rings. The maximum atomic E-state index is 6.87. The van der Waals surface area contributed by atoms with Gasteiger partial charge in [0.2, 0.25) is 0 Å². The Bertz CT molecular complexity index is 3370. The Hall–Kier alpha value is -6.17. The average molecular weight is 1110 g/mol. The van der Waals surface area contributed by atoms with Gasteiger partial charge < -0.3 is 32.4 Å². The smallest absolute Gasteiger partial charge is 0.497 e. The van der Waals surface area contributed by atoms with E-state index in [9.17, 15) is 0 Å². The van der Waals surface area contributed by atoms with E-state index in [0.717, 1.165) is 78.9 Å². The molecular weight excluding hydrogens is 1050 g/mol. The Balaban J connectivity index is 0.00000608. The summed E-state index contributed by atoms with van der Waals surface area (Å²) in [4.78, 5) is 9.82. The van der Waals surface area contributed by atoms with Crippen LogP contribution in [0.25, 0.3) is 89.4 Å². The fourth-order valence-electron chi connectivity index (χ4n) is 9.42. The molecule has 6 aromatic heterocycles. The van der Waals surface area contributed by atoms with Crippen molar-refractivity contribution in [2.24, 2.45) is 10.8 Å². The zero-order valence-corrected chi connectivity index (χ0v) is 45.2. The third-order valence-corrected chi connectivity index (χ3v) is 12.9. The molecule has 0 bridgehead atoms. The van der Waals surface area contributed by atoms with E-state index < -0.39 is 0 Å². The molecule has 0 saturated carbocycles. The summed E-state index contributed by atoms with van der Waals surface area (Å²) in [5, 5.41) is 4.02. The summed E-state index contributed by atoms with van der Waals surface area (Å²) in [6.45, 7) is 30.9. The van der Waals surface area contributed by atoms with E-state index in [-0.39, 0.29) is 42.7 Å². The fourth-order valence-corrected chi connectivity index (χ4v) is 9.42. The van der Waals surface area contributed by atoms with Crippen LogP contribution in [-0.4, -0.2) is 9.97 Å². The van der Waals surface area contributed by atoms with Crippen molar-refractivity contribution in [2.45, 2.75) is 121 Å². The van der Waals surface area contributed by atoms with Gasteiger partial charge in [-0.05, 0) is 108 Å². The molecule has 7 nitrogen and oxygen atoms in total. The quantitative estimate of drug-likeness (QED) is 0.140. The van der Waals surface area contributed by atoms with Gasteiger partial charge in [0.1, 0.15) is 22.3 Å². The minimum atomic E-state index is -0.229. The van der Waals surface area contributed by atoms with Crippen molar-refractivity contribution in [2.75, 3.05) is 0 Å². The first-order valence-electron chi connectivity index (χ1n) is 24.1. The van der Waals surface area contributed by atoms with Crippen LogP contribution in [0.3, 0.4) is 0 Å². The van der Waals surface area contributed by atoms with Gasteiger partial charge in [-0.15, -0.1) is 34.4 Å². The van der Waals surface area contributed by atoms with Gasteiger partial charge in [0, 0.05) is 68.0 Å². The minimum absolute atomic E-state index is 0. The number of ether oxygens (including phenoxy) is 1. The van der Waals surface area contributed by atoms with Gasteiger partial charge in [-0.2, -0.15) is 0 Å². The summed E-state index contributed by atoms with van der Waals surface area (Å²) in [6.07, 6.45) is 5.59. The zero-order valence-electron chi connectivity index (χ0n) is 42.9. The number of furan rings is 4. The topological polar surface area (TPSA) is 87.6 Å². The Morgan fingerprint density at radius 1 is 0.486 bits per heavy atom.